The number of hydrogen-bond acceptors (Lipinski definition) is 3. The van der Waals surface area contributed by atoms with E-state index < -0.39 is 12.1 Å². The van der Waals surface area contributed by atoms with Crippen LogP contribution < -0.4 is 5.32 Å². The monoisotopic (exact) mass is 283 g/mol. The first-order valence-electron chi connectivity index (χ1n) is 6.66. The highest BCUT2D eigenvalue weighted by molar-refractivity contribution is 5.95. The van der Waals surface area contributed by atoms with Crippen molar-refractivity contribution < 1.29 is 14.3 Å². The molecule has 1 N–H and O–H groups in total. The summed E-state index contributed by atoms with van der Waals surface area (Å²) in [6.45, 7) is 3.26. The van der Waals surface area contributed by atoms with Gasteiger partial charge in [0.1, 0.15) is 0 Å². The van der Waals surface area contributed by atoms with Crippen LogP contribution in [-0.4, -0.2) is 11.9 Å². The van der Waals surface area contributed by atoms with Gasteiger partial charge in [0.25, 0.3) is 5.91 Å². The second kappa shape index (κ2) is 6.70. The fourth-order valence-corrected chi connectivity index (χ4v) is 1.91. The average Bonchev–Trinajstić information content (AvgIpc) is 2.48. The summed E-state index contributed by atoms with van der Waals surface area (Å²) in [5.41, 5.74) is 2.41. The first-order chi connectivity index (χ1) is 10.1. The van der Waals surface area contributed by atoms with Crippen LogP contribution in [0.5, 0.6) is 0 Å². The normalized spacial score (nSPS) is 11.5. The fourth-order valence-electron chi connectivity index (χ4n) is 1.91. The zero-order chi connectivity index (χ0) is 15.2. The Bertz CT molecular complexity index is 620. The van der Waals surface area contributed by atoms with Gasteiger partial charge in [-0.2, -0.15) is 0 Å². The zero-order valence-electron chi connectivity index (χ0n) is 12.0. The average molecular weight is 283 g/mol. The molecule has 0 bridgehead atoms. The SMILES string of the molecule is CC(=O)O[C@@H](C(=O)Nc1ccc(C)cc1)c1ccccc1. The van der Waals surface area contributed by atoms with E-state index in [0.717, 1.165) is 5.56 Å². The minimum atomic E-state index is -0.954. The van der Waals surface area contributed by atoms with Crippen molar-refractivity contribution in [3.05, 3.63) is 65.7 Å². The molecule has 0 aliphatic heterocycles. The number of rotatable bonds is 4. The number of nitrogens with one attached hydrogen (secondary N) is 1. The number of anilines is 1. The predicted octanol–water partition coefficient (Wildman–Crippen LogP) is 3.24. The number of carbonyl (C=O) groups excluding carboxylic acids is 2. The molecule has 0 spiro atoms. The molecule has 21 heavy (non-hydrogen) atoms. The molecule has 0 saturated heterocycles. The van der Waals surface area contributed by atoms with Crippen molar-refractivity contribution in [2.45, 2.75) is 20.0 Å². The highest BCUT2D eigenvalue weighted by Crippen LogP contribution is 2.20. The molecule has 0 aliphatic carbocycles. The summed E-state index contributed by atoms with van der Waals surface area (Å²) in [4.78, 5) is 23.6. The molecule has 2 rings (SSSR count). The van der Waals surface area contributed by atoms with E-state index in [1.807, 2.05) is 37.3 Å². The van der Waals surface area contributed by atoms with E-state index in [1.165, 1.54) is 6.92 Å². The molecule has 0 unspecified atom stereocenters. The van der Waals surface area contributed by atoms with Gasteiger partial charge in [0.2, 0.25) is 6.10 Å². The van der Waals surface area contributed by atoms with Crippen LogP contribution in [0, 0.1) is 6.92 Å². The predicted molar refractivity (Wildman–Crippen MR) is 80.8 cm³/mol. The summed E-state index contributed by atoms with van der Waals surface area (Å²) in [6.07, 6.45) is -0.954. The Morgan fingerprint density at radius 3 is 2.19 bits per heavy atom. The van der Waals surface area contributed by atoms with Crippen LogP contribution in [0.4, 0.5) is 5.69 Å². The largest absolute Gasteiger partial charge is 0.447 e. The van der Waals surface area contributed by atoms with Crippen molar-refractivity contribution in [1.29, 1.82) is 0 Å². The molecule has 0 fully saturated rings. The molecule has 0 aromatic heterocycles. The zero-order valence-corrected chi connectivity index (χ0v) is 12.0. The van der Waals surface area contributed by atoms with Crippen molar-refractivity contribution >= 4 is 17.6 Å². The quantitative estimate of drug-likeness (QED) is 0.876. The lowest BCUT2D eigenvalue weighted by Gasteiger charge is -2.17. The van der Waals surface area contributed by atoms with Gasteiger partial charge in [-0.05, 0) is 19.1 Å². The lowest BCUT2D eigenvalue weighted by atomic mass is 10.1. The summed E-state index contributed by atoms with van der Waals surface area (Å²) < 4.78 is 5.14. The van der Waals surface area contributed by atoms with Crippen molar-refractivity contribution in [3.8, 4) is 0 Å². The van der Waals surface area contributed by atoms with Crippen LogP contribution in [0.15, 0.2) is 54.6 Å². The lowest BCUT2D eigenvalue weighted by molar-refractivity contribution is -0.152. The Morgan fingerprint density at radius 2 is 1.62 bits per heavy atom. The van der Waals surface area contributed by atoms with E-state index in [-0.39, 0.29) is 5.91 Å². The number of amides is 1. The molecule has 2 aromatic carbocycles. The second-order valence-electron chi connectivity index (χ2n) is 4.76. The smallest absolute Gasteiger partial charge is 0.303 e. The third kappa shape index (κ3) is 4.18. The van der Waals surface area contributed by atoms with E-state index in [4.69, 9.17) is 4.74 Å². The Morgan fingerprint density at radius 1 is 1.00 bits per heavy atom. The molecular formula is C17H17NO3. The van der Waals surface area contributed by atoms with Gasteiger partial charge in [-0.1, -0.05) is 48.0 Å². The topological polar surface area (TPSA) is 55.4 Å². The van der Waals surface area contributed by atoms with Gasteiger partial charge in [0.05, 0.1) is 0 Å². The van der Waals surface area contributed by atoms with Gasteiger partial charge >= 0.3 is 5.97 Å². The summed E-state index contributed by atoms with van der Waals surface area (Å²) >= 11 is 0. The molecule has 4 nitrogen and oxygen atoms in total. The molecule has 2 aromatic rings. The highest BCUT2D eigenvalue weighted by atomic mass is 16.5. The van der Waals surface area contributed by atoms with Crippen LogP contribution in [0.25, 0.3) is 0 Å². The first kappa shape index (κ1) is 14.8. The lowest BCUT2D eigenvalue weighted by Crippen LogP contribution is -2.25. The number of aryl methyl sites for hydroxylation is 1. The Kier molecular flexibility index (Phi) is 4.72. The fraction of sp³-hybridized carbons (Fsp3) is 0.176. The maximum atomic E-state index is 12.3. The van der Waals surface area contributed by atoms with Gasteiger partial charge in [-0.25, -0.2) is 0 Å². The number of hydrogen-bond donors (Lipinski definition) is 1. The number of benzene rings is 2. The van der Waals surface area contributed by atoms with Crippen LogP contribution in [0.3, 0.4) is 0 Å². The minimum absolute atomic E-state index is 0.375. The number of esters is 1. The summed E-state index contributed by atoms with van der Waals surface area (Å²) in [5, 5.41) is 2.76. The molecule has 0 radical (unpaired) electrons. The van der Waals surface area contributed by atoms with Crippen LogP contribution in [0.2, 0.25) is 0 Å². The first-order valence-corrected chi connectivity index (χ1v) is 6.66. The Balaban J connectivity index is 2.18. The molecular weight excluding hydrogens is 266 g/mol. The maximum absolute atomic E-state index is 12.3. The molecule has 0 aliphatic rings. The van der Waals surface area contributed by atoms with E-state index in [1.54, 1.807) is 24.3 Å². The summed E-state index contributed by atoms with van der Waals surface area (Å²) in [7, 11) is 0. The van der Waals surface area contributed by atoms with Crippen LogP contribution in [0.1, 0.15) is 24.2 Å². The molecule has 1 amide bonds. The van der Waals surface area contributed by atoms with E-state index >= 15 is 0 Å². The van der Waals surface area contributed by atoms with Gasteiger partial charge in [0, 0.05) is 18.2 Å². The second-order valence-corrected chi connectivity index (χ2v) is 4.76. The third-order valence-corrected chi connectivity index (χ3v) is 2.94. The van der Waals surface area contributed by atoms with Crippen molar-refractivity contribution in [1.82, 2.24) is 0 Å². The van der Waals surface area contributed by atoms with Gasteiger partial charge < -0.3 is 10.1 Å². The van der Waals surface area contributed by atoms with Crippen molar-refractivity contribution in [2.24, 2.45) is 0 Å². The molecule has 0 saturated carbocycles. The molecule has 1 atom stereocenters. The Hall–Kier alpha value is -2.62. The van der Waals surface area contributed by atoms with Crippen LogP contribution in [-0.2, 0) is 14.3 Å². The highest BCUT2D eigenvalue weighted by Gasteiger charge is 2.23. The molecule has 4 heteroatoms. The van der Waals surface area contributed by atoms with Gasteiger partial charge in [-0.15, -0.1) is 0 Å². The number of ether oxygens (including phenoxy) is 1. The standard InChI is InChI=1S/C17H17NO3/c1-12-8-10-15(11-9-12)18-17(20)16(21-13(2)19)14-6-4-3-5-7-14/h3-11,16H,1-2H3,(H,18,20)/t16-/m1/s1. The third-order valence-electron chi connectivity index (χ3n) is 2.94. The van der Waals surface area contributed by atoms with E-state index in [2.05, 4.69) is 5.32 Å². The Labute approximate surface area is 123 Å². The summed E-state index contributed by atoms with van der Waals surface area (Å²) in [5.74, 6) is -0.872. The maximum Gasteiger partial charge on any atom is 0.303 e. The van der Waals surface area contributed by atoms with Gasteiger partial charge in [-0.3, -0.25) is 9.59 Å². The number of carbonyl (C=O) groups is 2. The van der Waals surface area contributed by atoms with Gasteiger partial charge in [0.15, 0.2) is 0 Å². The van der Waals surface area contributed by atoms with E-state index in [9.17, 15) is 9.59 Å². The summed E-state index contributed by atoms with van der Waals surface area (Å²) in [6, 6.07) is 16.4. The molecule has 0 heterocycles. The molecule has 108 valence electrons. The van der Waals surface area contributed by atoms with Crippen molar-refractivity contribution in [3.63, 3.8) is 0 Å². The van der Waals surface area contributed by atoms with Crippen molar-refractivity contribution in [2.75, 3.05) is 5.32 Å². The van der Waals surface area contributed by atoms with Crippen LogP contribution >= 0.6 is 0 Å². The van der Waals surface area contributed by atoms with E-state index in [0.29, 0.717) is 11.3 Å². The minimum Gasteiger partial charge on any atom is -0.447 e.